The molecular weight excluding hydrogens is 402 g/mol. The SMILES string of the molecule is CNC(=O)[C@@H]1CCC[C@H]1CC(=O)Nc1cc(-c2cnn3c2CC(C)(C)C3)c(Cl)cn1. The highest BCUT2D eigenvalue weighted by Crippen LogP contribution is 2.39. The van der Waals surface area contributed by atoms with E-state index < -0.39 is 0 Å². The van der Waals surface area contributed by atoms with Gasteiger partial charge >= 0.3 is 0 Å². The number of amides is 2. The molecule has 1 aliphatic carbocycles. The number of rotatable bonds is 5. The fourth-order valence-corrected chi connectivity index (χ4v) is 5.04. The highest BCUT2D eigenvalue weighted by atomic mass is 35.5. The average Bonchev–Trinajstić information content (AvgIpc) is 3.36. The zero-order valence-electron chi connectivity index (χ0n) is 17.7. The largest absolute Gasteiger partial charge is 0.359 e. The molecule has 0 aromatic carbocycles. The van der Waals surface area contributed by atoms with E-state index in [4.69, 9.17) is 11.6 Å². The second-order valence-corrected chi connectivity index (χ2v) is 9.62. The molecule has 1 saturated carbocycles. The molecule has 8 heteroatoms. The van der Waals surface area contributed by atoms with Gasteiger partial charge in [0.2, 0.25) is 11.8 Å². The van der Waals surface area contributed by atoms with E-state index >= 15 is 0 Å². The molecule has 0 spiro atoms. The summed E-state index contributed by atoms with van der Waals surface area (Å²) in [5.41, 5.74) is 3.13. The van der Waals surface area contributed by atoms with Crippen molar-refractivity contribution in [2.24, 2.45) is 17.3 Å². The van der Waals surface area contributed by atoms with Gasteiger partial charge < -0.3 is 10.6 Å². The van der Waals surface area contributed by atoms with Crippen LogP contribution >= 0.6 is 11.6 Å². The minimum Gasteiger partial charge on any atom is -0.359 e. The Morgan fingerprint density at radius 2 is 2.07 bits per heavy atom. The maximum absolute atomic E-state index is 12.6. The molecule has 2 N–H and O–H groups in total. The number of hydrogen-bond acceptors (Lipinski definition) is 4. The van der Waals surface area contributed by atoms with Crippen molar-refractivity contribution in [2.45, 2.75) is 52.5 Å². The Bertz CT molecular complexity index is 984. The normalized spacial score (nSPS) is 22.0. The van der Waals surface area contributed by atoms with Gasteiger partial charge in [-0.1, -0.05) is 31.9 Å². The van der Waals surface area contributed by atoms with Gasteiger partial charge in [-0.3, -0.25) is 14.3 Å². The Kier molecular flexibility index (Phi) is 5.57. The summed E-state index contributed by atoms with van der Waals surface area (Å²) in [6.07, 6.45) is 7.35. The van der Waals surface area contributed by atoms with Crippen LogP contribution in [0.25, 0.3) is 11.1 Å². The number of pyridine rings is 1. The topological polar surface area (TPSA) is 88.9 Å². The molecule has 2 amide bonds. The molecule has 1 aliphatic heterocycles. The third-order valence-electron chi connectivity index (χ3n) is 6.28. The predicted molar refractivity (Wildman–Crippen MR) is 116 cm³/mol. The summed E-state index contributed by atoms with van der Waals surface area (Å²) in [6.45, 7) is 5.32. The monoisotopic (exact) mass is 429 g/mol. The first-order valence-electron chi connectivity index (χ1n) is 10.5. The van der Waals surface area contributed by atoms with E-state index in [0.717, 1.165) is 49.0 Å². The number of carbonyl (C=O) groups excluding carboxylic acids is 2. The fourth-order valence-electron chi connectivity index (χ4n) is 4.83. The number of nitrogens with one attached hydrogen (secondary N) is 2. The van der Waals surface area contributed by atoms with Gasteiger partial charge in [-0.05, 0) is 36.7 Å². The molecule has 3 heterocycles. The molecule has 4 rings (SSSR count). The van der Waals surface area contributed by atoms with Crippen LogP contribution in [0.3, 0.4) is 0 Å². The van der Waals surface area contributed by atoms with Crippen molar-refractivity contribution in [1.29, 1.82) is 0 Å². The highest BCUT2D eigenvalue weighted by Gasteiger charge is 2.34. The maximum Gasteiger partial charge on any atom is 0.225 e. The van der Waals surface area contributed by atoms with Gasteiger partial charge in [0.25, 0.3) is 0 Å². The van der Waals surface area contributed by atoms with Gasteiger partial charge in [-0.25, -0.2) is 4.98 Å². The molecule has 2 aliphatic rings. The van der Waals surface area contributed by atoms with Crippen molar-refractivity contribution in [3.05, 3.63) is 29.2 Å². The van der Waals surface area contributed by atoms with Gasteiger partial charge in [0.1, 0.15) is 5.82 Å². The summed E-state index contributed by atoms with van der Waals surface area (Å²) in [5, 5.41) is 10.6. The van der Waals surface area contributed by atoms with Crippen LogP contribution in [0.1, 0.15) is 45.2 Å². The van der Waals surface area contributed by atoms with Gasteiger partial charge in [0.15, 0.2) is 0 Å². The predicted octanol–water partition coefficient (Wildman–Crippen LogP) is 3.67. The molecule has 0 radical (unpaired) electrons. The van der Waals surface area contributed by atoms with Crippen molar-refractivity contribution >= 4 is 29.2 Å². The smallest absolute Gasteiger partial charge is 0.225 e. The van der Waals surface area contributed by atoms with Gasteiger partial charge in [0.05, 0.1) is 11.2 Å². The van der Waals surface area contributed by atoms with Gasteiger partial charge in [-0.2, -0.15) is 5.10 Å². The average molecular weight is 430 g/mol. The summed E-state index contributed by atoms with van der Waals surface area (Å²) >= 11 is 6.45. The Morgan fingerprint density at radius 3 is 2.83 bits per heavy atom. The lowest BCUT2D eigenvalue weighted by Crippen LogP contribution is -2.31. The summed E-state index contributed by atoms with van der Waals surface area (Å²) in [6, 6.07) is 1.81. The third-order valence-corrected chi connectivity index (χ3v) is 6.58. The first kappa shape index (κ1) is 20.8. The molecule has 160 valence electrons. The lowest BCUT2D eigenvalue weighted by molar-refractivity contribution is -0.126. The zero-order valence-corrected chi connectivity index (χ0v) is 18.4. The van der Waals surface area contributed by atoms with Crippen molar-refractivity contribution < 1.29 is 9.59 Å². The van der Waals surface area contributed by atoms with Crippen LogP contribution < -0.4 is 10.6 Å². The van der Waals surface area contributed by atoms with Crippen molar-refractivity contribution in [3.8, 4) is 11.1 Å². The van der Waals surface area contributed by atoms with Gasteiger partial charge in [-0.15, -0.1) is 0 Å². The Labute approximate surface area is 181 Å². The van der Waals surface area contributed by atoms with Crippen LogP contribution in [0, 0.1) is 17.3 Å². The molecule has 7 nitrogen and oxygen atoms in total. The van der Waals surface area contributed by atoms with E-state index in [0.29, 0.717) is 17.3 Å². The molecular formula is C22H28ClN5O2. The summed E-state index contributed by atoms with van der Waals surface area (Å²) < 4.78 is 2.03. The van der Waals surface area contributed by atoms with Crippen LogP contribution in [-0.2, 0) is 22.6 Å². The molecule has 0 saturated heterocycles. The van der Waals surface area contributed by atoms with E-state index in [-0.39, 0.29) is 29.1 Å². The van der Waals surface area contributed by atoms with E-state index in [1.54, 1.807) is 13.2 Å². The lowest BCUT2D eigenvalue weighted by Gasteiger charge is -2.17. The molecule has 1 fully saturated rings. The first-order chi connectivity index (χ1) is 14.3. The number of aromatic nitrogens is 3. The van der Waals surface area contributed by atoms with Crippen LogP contribution in [-0.4, -0.2) is 33.6 Å². The first-order valence-corrected chi connectivity index (χ1v) is 10.9. The number of carbonyl (C=O) groups is 2. The Hall–Kier alpha value is -2.41. The highest BCUT2D eigenvalue weighted by molar-refractivity contribution is 6.33. The van der Waals surface area contributed by atoms with Crippen LogP contribution in [0.2, 0.25) is 5.02 Å². The van der Waals surface area contributed by atoms with E-state index in [2.05, 4.69) is 34.6 Å². The fraction of sp³-hybridized carbons (Fsp3) is 0.545. The molecule has 2 atom stereocenters. The number of fused-ring (bicyclic) bond motifs is 1. The molecule has 30 heavy (non-hydrogen) atoms. The second-order valence-electron chi connectivity index (χ2n) is 9.22. The zero-order chi connectivity index (χ0) is 21.5. The lowest BCUT2D eigenvalue weighted by atomic mass is 9.89. The Balaban J connectivity index is 1.50. The van der Waals surface area contributed by atoms with Crippen molar-refractivity contribution in [3.63, 3.8) is 0 Å². The summed E-state index contributed by atoms with van der Waals surface area (Å²) in [5.74, 6) is 0.338. The third kappa shape index (κ3) is 4.08. The standard InChI is InChI=1S/C22H28ClN5O2/c1-22(2)9-18-16(10-26-28(18)12-22)15-8-19(25-11-17(15)23)27-20(29)7-13-5-4-6-14(13)21(30)24-3/h8,10-11,13-14H,4-7,9,12H2,1-3H3,(H,24,30)(H,25,27,29)/t13-,14+/m0/s1. The minimum atomic E-state index is -0.127. The van der Waals surface area contributed by atoms with Crippen molar-refractivity contribution in [2.75, 3.05) is 12.4 Å². The van der Waals surface area contributed by atoms with Crippen LogP contribution in [0.15, 0.2) is 18.5 Å². The van der Waals surface area contributed by atoms with Gasteiger partial charge in [0, 0.05) is 48.9 Å². The molecule has 2 aromatic heterocycles. The number of anilines is 1. The summed E-state index contributed by atoms with van der Waals surface area (Å²) in [7, 11) is 1.64. The van der Waals surface area contributed by atoms with E-state index in [1.165, 1.54) is 0 Å². The molecule has 0 unspecified atom stereocenters. The molecule has 2 aromatic rings. The number of hydrogen-bond donors (Lipinski definition) is 2. The quantitative estimate of drug-likeness (QED) is 0.758. The second kappa shape index (κ2) is 8.02. The van der Waals surface area contributed by atoms with E-state index in [1.807, 2.05) is 16.9 Å². The Morgan fingerprint density at radius 1 is 1.27 bits per heavy atom. The van der Waals surface area contributed by atoms with E-state index in [9.17, 15) is 9.59 Å². The van der Waals surface area contributed by atoms with Crippen LogP contribution in [0.4, 0.5) is 5.82 Å². The maximum atomic E-state index is 12.6. The summed E-state index contributed by atoms with van der Waals surface area (Å²) in [4.78, 5) is 29.0. The molecule has 0 bridgehead atoms. The number of nitrogens with zero attached hydrogens (tertiary/aromatic N) is 3. The van der Waals surface area contributed by atoms with Crippen molar-refractivity contribution in [1.82, 2.24) is 20.1 Å². The minimum absolute atomic E-state index is 0.0233. The van der Waals surface area contributed by atoms with Crippen LogP contribution in [0.5, 0.6) is 0 Å². The number of halogens is 1.